The lowest BCUT2D eigenvalue weighted by Gasteiger charge is -2.43. The molecule has 0 unspecified atom stereocenters. The molecule has 1 amide bonds. The van der Waals surface area contributed by atoms with Crippen molar-refractivity contribution in [3.8, 4) is 0 Å². The molecule has 0 radical (unpaired) electrons. The van der Waals surface area contributed by atoms with Crippen molar-refractivity contribution >= 4 is 12.4 Å². The molecular formula is C20H22N2O3. The number of carbonyl (C=O) groups excluding carboxylic acids is 1. The Morgan fingerprint density at radius 3 is 2.16 bits per heavy atom. The highest BCUT2D eigenvalue weighted by atomic mass is 16.4. The first-order chi connectivity index (χ1) is 12.2. The van der Waals surface area contributed by atoms with Crippen LogP contribution >= 0.6 is 0 Å². The molecule has 1 N–H and O–H groups in total. The number of hydrogen-bond acceptors (Lipinski definition) is 3. The summed E-state index contributed by atoms with van der Waals surface area (Å²) < 4.78 is 0. The molecule has 0 aliphatic carbocycles. The Bertz CT molecular complexity index is 705. The van der Waals surface area contributed by atoms with Crippen molar-refractivity contribution in [2.24, 2.45) is 0 Å². The van der Waals surface area contributed by atoms with E-state index >= 15 is 0 Å². The van der Waals surface area contributed by atoms with Gasteiger partial charge in [-0.25, -0.2) is 4.79 Å². The average molecular weight is 338 g/mol. The van der Waals surface area contributed by atoms with E-state index in [0.717, 1.165) is 17.4 Å². The first-order valence-corrected chi connectivity index (χ1v) is 8.44. The van der Waals surface area contributed by atoms with Crippen molar-refractivity contribution in [2.75, 3.05) is 13.1 Å². The zero-order valence-electron chi connectivity index (χ0n) is 14.0. The van der Waals surface area contributed by atoms with Crippen molar-refractivity contribution in [3.63, 3.8) is 0 Å². The first kappa shape index (κ1) is 17.2. The van der Waals surface area contributed by atoms with Crippen LogP contribution in [0.5, 0.6) is 0 Å². The maximum Gasteiger partial charge on any atom is 0.408 e. The number of nitrogens with zero attached hydrogens (tertiary/aromatic N) is 2. The molecule has 0 spiro atoms. The van der Waals surface area contributed by atoms with Crippen molar-refractivity contribution in [1.82, 2.24) is 9.80 Å². The molecule has 0 aromatic heterocycles. The van der Waals surface area contributed by atoms with E-state index in [4.69, 9.17) is 0 Å². The van der Waals surface area contributed by atoms with E-state index in [-0.39, 0.29) is 6.04 Å². The SMILES string of the molecule is O=C[C@@H]1CN(Cc2ccccc2)C[C@@H](Cc2ccccc2)N1C(=O)O. The number of benzene rings is 2. The maximum absolute atomic E-state index is 11.7. The molecule has 5 heteroatoms. The van der Waals surface area contributed by atoms with Crippen molar-refractivity contribution < 1.29 is 14.7 Å². The van der Waals surface area contributed by atoms with Gasteiger partial charge in [0.05, 0.1) is 6.04 Å². The lowest BCUT2D eigenvalue weighted by atomic mass is 9.99. The van der Waals surface area contributed by atoms with Crippen LogP contribution in [0.2, 0.25) is 0 Å². The highest BCUT2D eigenvalue weighted by molar-refractivity contribution is 5.72. The average Bonchev–Trinajstić information content (AvgIpc) is 2.62. The highest BCUT2D eigenvalue weighted by Crippen LogP contribution is 2.21. The molecule has 1 aliphatic rings. The molecule has 2 aromatic carbocycles. The van der Waals surface area contributed by atoms with Gasteiger partial charge in [-0.3, -0.25) is 9.80 Å². The van der Waals surface area contributed by atoms with Crippen molar-refractivity contribution in [3.05, 3.63) is 71.8 Å². The van der Waals surface area contributed by atoms with Crippen LogP contribution in [0.25, 0.3) is 0 Å². The number of hydrogen-bond donors (Lipinski definition) is 1. The fraction of sp³-hybridized carbons (Fsp3) is 0.300. The molecule has 3 rings (SSSR count). The van der Waals surface area contributed by atoms with E-state index in [2.05, 4.69) is 4.90 Å². The fourth-order valence-electron chi connectivity index (χ4n) is 3.51. The summed E-state index contributed by atoms with van der Waals surface area (Å²) in [6, 6.07) is 19.0. The number of aldehydes is 1. The minimum Gasteiger partial charge on any atom is -0.465 e. The van der Waals surface area contributed by atoms with Gasteiger partial charge in [0.1, 0.15) is 12.3 Å². The Labute approximate surface area is 147 Å². The Hall–Kier alpha value is -2.66. The van der Waals surface area contributed by atoms with Gasteiger partial charge in [0.25, 0.3) is 0 Å². The first-order valence-electron chi connectivity index (χ1n) is 8.44. The van der Waals surface area contributed by atoms with Gasteiger partial charge in [-0.05, 0) is 17.5 Å². The van der Waals surface area contributed by atoms with E-state index in [1.165, 1.54) is 4.90 Å². The number of carbonyl (C=O) groups is 2. The van der Waals surface area contributed by atoms with Crippen LogP contribution in [0.1, 0.15) is 11.1 Å². The summed E-state index contributed by atoms with van der Waals surface area (Å²) in [6.07, 6.45) is 0.323. The maximum atomic E-state index is 11.7. The third-order valence-corrected chi connectivity index (χ3v) is 4.61. The second kappa shape index (κ2) is 7.94. The van der Waals surface area contributed by atoms with E-state index in [0.29, 0.717) is 26.1 Å². The van der Waals surface area contributed by atoms with Crippen LogP contribution in [-0.2, 0) is 17.8 Å². The Balaban J connectivity index is 1.80. The number of carboxylic acid groups (broad SMARTS) is 1. The minimum atomic E-state index is -1.03. The predicted molar refractivity (Wildman–Crippen MR) is 95.4 cm³/mol. The van der Waals surface area contributed by atoms with Crippen molar-refractivity contribution in [1.29, 1.82) is 0 Å². The van der Waals surface area contributed by atoms with E-state index in [1.54, 1.807) is 0 Å². The molecule has 1 fully saturated rings. The van der Waals surface area contributed by atoms with Crippen LogP contribution in [0.15, 0.2) is 60.7 Å². The quantitative estimate of drug-likeness (QED) is 0.852. The lowest BCUT2D eigenvalue weighted by molar-refractivity contribution is -0.115. The van der Waals surface area contributed by atoms with Gasteiger partial charge in [-0.15, -0.1) is 0 Å². The minimum absolute atomic E-state index is 0.243. The van der Waals surface area contributed by atoms with Gasteiger partial charge in [-0.2, -0.15) is 0 Å². The van der Waals surface area contributed by atoms with Crippen LogP contribution in [0.3, 0.4) is 0 Å². The van der Waals surface area contributed by atoms with Crippen LogP contribution in [-0.4, -0.2) is 52.5 Å². The van der Waals surface area contributed by atoms with Gasteiger partial charge in [0, 0.05) is 19.6 Å². The van der Waals surface area contributed by atoms with E-state index < -0.39 is 12.1 Å². The molecular weight excluding hydrogens is 316 g/mol. The highest BCUT2D eigenvalue weighted by Gasteiger charge is 2.37. The van der Waals surface area contributed by atoms with E-state index in [1.807, 2.05) is 60.7 Å². The smallest absolute Gasteiger partial charge is 0.408 e. The molecule has 1 saturated heterocycles. The second-order valence-corrected chi connectivity index (χ2v) is 6.42. The lowest BCUT2D eigenvalue weighted by Crippen LogP contribution is -2.61. The number of amides is 1. The molecule has 1 aliphatic heterocycles. The Morgan fingerprint density at radius 2 is 1.60 bits per heavy atom. The second-order valence-electron chi connectivity index (χ2n) is 6.42. The molecule has 5 nitrogen and oxygen atoms in total. The monoisotopic (exact) mass is 338 g/mol. The van der Waals surface area contributed by atoms with Gasteiger partial charge in [0.2, 0.25) is 0 Å². The Kier molecular flexibility index (Phi) is 5.46. The summed E-state index contributed by atoms with van der Waals surface area (Å²) in [5.74, 6) is 0. The summed E-state index contributed by atoms with van der Waals surface area (Å²) >= 11 is 0. The van der Waals surface area contributed by atoms with E-state index in [9.17, 15) is 14.7 Å². The molecule has 25 heavy (non-hydrogen) atoms. The fourth-order valence-corrected chi connectivity index (χ4v) is 3.51. The summed E-state index contributed by atoms with van der Waals surface area (Å²) in [4.78, 5) is 26.8. The largest absolute Gasteiger partial charge is 0.465 e. The number of rotatable bonds is 5. The van der Waals surface area contributed by atoms with Crippen molar-refractivity contribution in [2.45, 2.75) is 25.0 Å². The predicted octanol–water partition coefficient (Wildman–Crippen LogP) is 2.66. The summed E-state index contributed by atoms with van der Waals surface area (Å²) in [6.45, 7) is 1.75. The summed E-state index contributed by atoms with van der Waals surface area (Å²) in [5.41, 5.74) is 2.24. The molecule has 0 saturated carbocycles. The zero-order chi connectivity index (χ0) is 17.6. The van der Waals surface area contributed by atoms with Crippen LogP contribution in [0, 0.1) is 0 Å². The molecule has 1 heterocycles. The third kappa shape index (κ3) is 4.25. The van der Waals surface area contributed by atoms with Gasteiger partial charge in [0.15, 0.2) is 0 Å². The van der Waals surface area contributed by atoms with Gasteiger partial charge in [-0.1, -0.05) is 60.7 Å². The van der Waals surface area contributed by atoms with Gasteiger partial charge >= 0.3 is 6.09 Å². The molecule has 2 aromatic rings. The van der Waals surface area contributed by atoms with Crippen LogP contribution in [0.4, 0.5) is 4.79 Å². The molecule has 130 valence electrons. The normalized spacial score (nSPS) is 21.0. The van der Waals surface area contributed by atoms with Gasteiger partial charge < -0.3 is 9.90 Å². The molecule has 2 atom stereocenters. The topological polar surface area (TPSA) is 60.9 Å². The van der Waals surface area contributed by atoms with Crippen LogP contribution < -0.4 is 0 Å². The summed E-state index contributed by atoms with van der Waals surface area (Å²) in [5, 5.41) is 9.61. The standard InChI is InChI=1S/C20H22N2O3/c23-15-19-14-21(12-17-9-5-2-6-10-17)13-18(22(19)20(24)25)11-16-7-3-1-4-8-16/h1-10,15,18-19H,11-14H2,(H,24,25)/t18-,19+/m1/s1. The summed E-state index contributed by atoms with van der Waals surface area (Å²) in [7, 11) is 0. The molecule has 0 bridgehead atoms. The Morgan fingerprint density at radius 1 is 1.00 bits per heavy atom. The number of piperazine rings is 1. The third-order valence-electron chi connectivity index (χ3n) is 4.61. The zero-order valence-corrected chi connectivity index (χ0v) is 14.0.